The Bertz CT molecular complexity index is 514. The van der Waals surface area contributed by atoms with Crippen LogP contribution in [0.25, 0.3) is 11.0 Å². The van der Waals surface area contributed by atoms with Gasteiger partial charge in [0, 0.05) is 0 Å². The summed E-state index contributed by atoms with van der Waals surface area (Å²) in [6.07, 6.45) is -1.40. The second kappa shape index (κ2) is 4.39. The highest BCUT2D eigenvalue weighted by molar-refractivity contribution is 5.71. The first-order chi connectivity index (χ1) is 8.04. The van der Waals surface area contributed by atoms with Gasteiger partial charge >= 0.3 is 6.30 Å². The number of nitrogens with zero attached hydrogens (tertiary/aromatic N) is 2. The molecule has 0 bridgehead atoms. The van der Waals surface area contributed by atoms with Crippen LogP contribution in [0.15, 0.2) is 30.6 Å². The van der Waals surface area contributed by atoms with Crippen LogP contribution in [-0.4, -0.2) is 4.57 Å². The Morgan fingerprint density at radius 2 is 1.94 bits per heavy atom. The Labute approximate surface area is 97.3 Å². The lowest BCUT2D eigenvalue weighted by molar-refractivity contribution is -0.673. The van der Waals surface area contributed by atoms with E-state index in [1.165, 1.54) is 6.07 Å². The minimum absolute atomic E-state index is 0.205. The van der Waals surface area contributed by atoms with Crippen molar-refractivity contribution >= 4 is 11.0 Å². The highest BCUT2D eigenvalue weighted by atomic mass is 19.4. The highest BCUT2D eigenvalue weighted by Gasteiger charge is 2.40. The van der Waals surface area contributed by atoms with E-state index in [2.05, 4.69) is 0 Å². The van der Waals surface area contributed by atoms with Gasteiger partial charge in [-0.25, -0.2) is 4.57 Å². The van der Waals surface area contributed by atoms with Gasteiger partial charge in [-0.1, -0.05) is 25.5 Å². The molecule has 2 aromatic rings. The Morgan fingerprint density at radius 3 is 2.59 bits per heavy atom. The van der Waals surface area contributed by atoms with Gasteiger partial charge < -0.3 is 0 Å². The van der Waals surface area contributed by atoms with Crippen LogP contribution in [0.4, 0.5) is 13.2 Å². The largest absolute Gasteiger partial charge is 0.567 e. The number of benzene rings is 1. The third kappa shape index (κ3) is 2.28. The first-order valence-electron chi connectivity index (χ1n) is 5.60. The van der Waals surface area contributed by atoms with Crippen LogP contribution in [0.1, 0.15) is 19.8 Å². The molecule has 0 radical (unpaired) electrons. The van der Waals surface area contributed by atoms with E-state index in [1.54, 1.807) is 22.8 Å². The molecule has 0 aliphatic rings. The van der Waals surface area contributed by atoms with E-state index in [0.29, 0.717) is 16.6 Å². The van der Waals surface area contributed by atoms with Crippen molar-refractivity contribution < 1.29 is 17.7 Å². The third-order valence-electron chi connectivity index (χ3n) is 2.73. The first kappa shape index (κ1) is 12.0. The van der Waals surface area contributed by atoms with Gasteiger partial charge in [-0.2, -0.15) is 0 Å². The number of aryl methyl sites for hydroxylation is 1. The summed E-state index contributed by atoms with van der Waals surface area (Å²) < 4.78 is 40.4. The lowest BCUT2D eigenvalue weighted by Crippen LogP contribution is -2.32. The van der Waals surface area contributed by atoms with E-state index in [-0.39, 0.29) is 5.52 Å². The number of imidazole rings is 1. The third-order valence-corrected chi connectivity index (χ3v) is 2.73. The molecule has 0 atom stereocenters. The van der Waals surface area contributed by atoms with Crippen molar-refractivity contribution in [3.05, 3.63) is 30.6 Å². The monoisotopic (exact) mass is 243 g/mol. The number of aromatic nitrogens is 2. The van der Waals surface area contributed by atoms with Gasteiger partial charge in [0.1, 0.15) is 0 Å². The van der Waals surface area contributed by atoms with Crippen LogP contribution in [0.5, 0.6) is 0 Å². The smallest absolute Gasteiger partial charge is 0.230 e. The average molecular weight is 243 g/mol. The molecule has 0 N–H and O–H groups in total. The highest BCUT2D eigenvalue weighted by Crippen LogP contribution is 2.26. The van der Waals surface area contributed by atoms with Crippen molar-refractivity contribution in [3.8, 4) is 0 Å². The normalized spacial score (nSPS) is 12.2. The molecule has 0 saturated heterocycles. The van der Waals surface area contributed by atoms with Crippen LogP contribution >= 0.6 is 0 Å². The summed E-state index contributed by atoms with van der Waals surface area (Å²) in [5.74, 6) is 0. The van der Waals surface area contributed by atoms with Gasteiger partial charge in [-0.3, -0.25) is 0 Å². The fourth-order valence-corrected chi connectivity index (χ4v) is 1.88. The van der Waals surface area contributed by atoms with Gasteiger partial charge in [0.05, 0.1) is 6.54 Å². The lowest BCUT2D eigenvalue weighted by Gasteiger charge is -1.99. The quantitative estimate of drug-likeness (QED) is 0.732. The van der Waals surface area contributed by atoms with E-state index in [1.807, 2.05) is 6.92 Å². The molecule has 1 aromatic carbocycles. The zero-order valence-electron chi connectivity index (χ0n) is 9.54. The predicted molar refractivity (Wildman–Crippen MR) is 58.3 cm³/mol. The molecule has 0 aliphatic carbocycles. The van der Waals surface area contributed by atoms with Gasteiger partial charge in [0.15, 0.2) is 11.0 Å². The van der Waals surface area contributed by atoms with E-state index in [0.717, 1.165) is 19.2 Å². The molecule has 0 spiro atoms. The number of alkyl halides is 3. The van der Waals surface area contributed by atoms with Gasteiger partial charge in [-0.15, -0.1) is 17.7 Å². The molecule has 1 heterocycles. The first-order valence-corrected chi connectivity index (χ1v) is 5.60. The molecule has 0 fully saturated rings. The standard InChI is InChI=1S/C12H14F3N2/c1-2-3-8-16-9-17(12(13,14)15)11-7-5-4-6-10(11)16/h4-7,9H,2-3,8H2,1H3/q+1. The number of hydrogen-bond acceptors (Lipinski definition) is 0. The summed E-state index contributed by atoms with van der Waals surface area (Å²) in [6.45, 7) is 2.63. The molecule has 17 heavy (non-hydrogen) atoms. The molecule has 92 valence electrons. The molecular formula is C12H14F3N2+. The van der Waals surface area contributed by atoms with Crippen molar-refractivity contribution in [2.75, 3.05) is 0 Å². The van der Waals surface area contributed by atoms with Gasteiger partial charge in [-0.05, 0) is 18.6 Å². The molecule has 2 nitrogen and oxygen atoms in total. The van der Waals surface area contributed by atoms with Crippen LogP contribution in [0, 0.1) is 0 Å². The molecule has 0 aliphatic heterocycles. The summed E-state index contributed by atoms with van der Waals surface area (Å²) in [6, 6.07) is 6.58. The Hall–Kier alpha value is -1.52. The van der Waals surface area contributed by atoms with E-state index in [9.17, 15) is 13.2 Å². The number of rotatable bonds is 3. The molecule has 0 saturated carbocycles. The Kier molecular flexibility index (Phi) is 3.09. The Balaban J connectivity index is 2.55. The van der Waals surface area contributed by atoms with Gasteiger partial charge in [0.2, 0.25) is 0 Å². The van der Waals surface area contributed by atoms with Gasteiger partial charge in [0.25, 0.3) is 6.33 Å². The lowest BCUT2D eigenvalue weighted by atomic mass is 10.3. The van der Waals surface area contributed by atoms with Crippen molar-refractivity contribution in [2.45, 2.75) is 32.6 Å². The summed E-state index contributed by atoms with van der Waals surface area (Å²) >= 11 is 0. The number of para-hydroxylation sites is 2. The number of halogens is 3. The van der Waals surface area contributed by atoms with E-state index in [4.69, 9.17) is 0 Å². The van der Waals surface area contributed by atoms with Crippen LogP contribution in [0.2, 0.25) is 0 Å². The second-order valence-electron chi connectivity index (χ2n) is 3.99. The maximum atomic E-state index is 12.8. The zero-order chi connectivity index (χ0) is 12.5. The summed E-state index contributed by atoms with van der Waals surface area (Å²) in [5.41, 5.74) is 0.828. The van der Waals surface area contributed by atoms with Crippen LogP contribution < -0.4 is 4.57 Å². The van der Waals surface area contributed by atoms with Crippen molar-refractivity contribution in [3.63, 3.8) is 0 Å². The molecule has 1 aromatic heterocycles. The fraction of sp³-hybridized carbons (Fsp3) is 0.417. The summed E-state index contributed by atoms with van der Waals surface area (Å²) in [4.78, 5) is 0. The average Bonchev–Trinajstić information content (AvgIpc) is 2.65. The second-order valence-corrected chi connectivity index (χ2v) is 3.99. The zero-order valence-corrected chi connectivity index (χ0v) is 9.54. The van der Waals surface area contributed by atoms with Crippen LogP contribution in [0.3, 0.4) is 0 Å². The minimum atomic E-state index is -4.36. The summed E-state index contributed by atoms with van der Waals surface area (Å²) in [5, 5.41) is 0. The number of fused-ring (bicyclic) bond motifs is 1. The fourth-order valence-electron chi connectivity index (χ4n) is 1.88. The molecule has 2 rings (SSSR count). The molecule has 0 amide bonds. The molecule has 0 unspecified atom stereocenters. The predicted octanol–water partition coefficient (Wildman–Crippen LogP) is 3.21. The van der Waals surface area contributed by atoms with Crippen molar-refractivity contribution in [1.29, 1.82) is 0 Å². The van der Waals surface area contributed by atoms with E-state index >= 15 is 0 Å². The SMILES string of the molecule is CCCC[n+]1cn(C(F)(F)F)c2ccccc21. The number of hydrogen-bond donors (Lipinski definition) is 0. The molecule has 5 heteroatoms. The summed E-state index contributed by atoms with van der Waals surface area (Å²) in [7, 11) is 0. The van der Waals surface area contributed by atoms with Crippen LogP contribution in [-0.2, 0) is 12.8 Å². The number of unbranched alkanes of at least 4 members (excludes halogenated alkanes) is 1. The maximum absolute atomic E-state index is 12.8. The topological polar surface area (TPSA) is 8.81 Å². The van der Waals surface area contributed by atoms with Crippen molar-refractivity contribution in [1.82, 2.24) is 4.57 Å². The Morgan fingerprint density at radius 1 is 1.24 bits per heavy atom. The maximum Gasteiger partial charge on any atom is 0.567 e. The van der Waals surface area contributed by atoms with E-state index < -0.39 is 6.30 Å². The van der Waals surface area contributed by atoms with Crippen molar-refractivity contribution in [2.24, 2.45) is 0 Å². The minimum Gasteiger partial charge on any atom is -0.230 e. The molecular weight excluding hydrogens is 229 g/mol.